The first-order valence-electron chi connectivity index (χ1n) is 8.97. The molecular weight excluding hydrogens is 369 g/mol. The normalized spacial score (nSPS) is 10.7. The van der Waals surface area contributed by atoms with Gasteiger partial charge in [0.15, 0.2) is 0 Å². The second-order valence-corrected chi connectivity index (χ2v) is 6.34. The van der Waals surface area contributed by atoms with Gasteiger partial charge in [0.05, 0.1) is 11.4 Å². The van der Waals surface area contributed by atoms with E-state index < -0.39 is 11.7 Å². The van der Waals surface area contributed by atoms with E-state index in [-0.39, 0.29) is 17.3 Å². The van der Waals surface area contributed by atoms with Crippen LogP contribution in [0.15, 0.2) is 78.9 Å². The van der Waals surface area contributed by atoms with Gasteiger partial charge in [-0.3, -0.25) is 9.59 Å². The molecule has 5 nitrogen and oxygen atoms in total. The minimum absolute atomic E-state index is 0.211. The average Bonchev–Trinajstić information content (AvgIpc) is 2.74. The summed E-state index contributed by atoms with van der Waals surface area (Å²) in [5, 5.41) is 5.37. The van der Waals surface area contributed by atoms with E-state index in [1.165, 1.54) is 24.3 Å². The van der Waals surface area contributed by atoms with E-state index in [1.807, 2.05) is 30.3 Å². The van der Waals surface area contributed by atoms with Crippen LogP contribution in [0.4, 0.5) is 15.8 Å². The molecule has 0 fully saturated rings. The maximum atomic E-state index is 13.3. The molecule has 4 N–H and O–H groups in total. The van der Waals surface area contributed by atoms with Gasteiger partial charge in [0.2, 0.25) is 5.91 Å². The molecule has 0 bridgehead atoms. The first-order chi connectivity index (χ1) is 14.0. The fourth-order valence-corrected chi connectivity index (χ4v) is 2.59. The summed E-state index contributed by atoms with van der Waals surface area (Å²) in [5.74, 6) is -1.09. The molecule has 0 radical (unpaired) electrons. The van der Waals surface area contributed by atoms with Crippen molar-refractivity contribution in [3.05, 3.63) is 101 Å². The van der Waals surface area contributed by atoms with Gasteiger partial charge in [-0.2, -0.15) is 0 Å². The Morgan fingerprint density at radius 2 is 1.69 bits per heavy atom. The predicted octanol–water partition coefficient (Wildman–Crippen LogP) is 3.99. The highest BCUT2D eigenvalue weighted by Crippen LogP contribution is 2.20. The van der Waals surface area contributed by atoms with E-state index >= 15 is 0 Å². The van der Waals surface area contributed by atoms with Crippen LogP contribution in [0.1, 0.15) is 21.5 Å². The highest BCUT2D eigenvalue weighted by atomic mass is 19.1. The topological polar surface area (TPSA) is 84.2 Å². The molecule has 0 heterocycles. The summed E-state index contributed by atoms with van der Waals surface area (Å²) in [6.45, 7) is 0.330. The maximum Gasteiger partial charge on any atom is 0.255 e. The number of rotatable bonds is 6. The summed E-state index contributed by atoms with van der Waals surface area (Å²) in [5.41, 5.74) is 8.42. The van der Waals surface area contributed by atoms with Crippen LogP contribution in [-0.2, 0) is 11.3 Å². The van der Waals surface area contributed by atoms with E-state index in [9.17, 15) is 14.0 Å². The first kappa shape index (κ1) is 19.8. The zero-order valence-electron chi connectivity index (χ0n) is 15.6. The Bertz CT molecular complexity index is 1030. The number of halogens is 1. The lowest BCUT2D eigenvalue weighted by atomic mass is 10.1. The summed E-state index contributed by atoms with van der Waals surface area (Å²) in [7, 11) is 0. The zero-order chi connectivity index (χ0) is 20.6. The van der Waals surface area contributed by atoms with Crippen molar-refractivity contribution in [1.82, 2.24) is 5.32 Å². The molecule has 0 unspecified atom stereocenters. The zero-order valence-corrected chi connectivity index (χ0v) is 15.6. The highest BCUT2D eigenvalue weighted by Gasteiger charge is 2.09. The highest BCUT2D eigenvalue weighted by molar-refractivity contribution is 6.05. The van der Waals surface area contributed by atoms with E-state index in [0.717, 1.165) is 11.1 Å². The van der Waals surface area contributed by atoms with Crippen LogP contribution in [0.2, 0.25) is 0 Å². The summed E-state index contributed by atoms with van der Waals surface area (Å²) in [6, 6.07) is 20.1. The van der Waals surface area contributed by atoms with Gasteiger partial charge in [-0.15, -0.1) is 0 Å². The van der Waals surface area contributed by atoms with Crippen LogP contribution in [0, 0.1) is 5.82 Å². The van der Waals surface area contributed by atoms with Crippen LogP contribution in [0.3, 0.4) is 0 Å². The SMILES string of the molecule is Nc1ccc(F)cc1NC(=O)c1ccc(CNC(=O)C=Cc2ccccc2)cc1. The lowest BCUT2D eigenvalue weighted by Gasteiger charge is -2.09. The minimum Gasteiger partial charge on any atom is -0.397 e. The number of hydrogen-bond acceptors (Lipinski definition) is 3. The molecule has 0 saturated carbocycles. The molecule has 3 aromatic rings. The van der Waals surface area contributed by atoms with Crippen LogP contribution < -0.4 is 16.4 Å². The molecule has 29 heavy (non-hydrogen) atoms. The molecule has 0 saturated heterocycles. The molecular formula is C23H20FN3O2. The Hall–Kier alpha value is -3.93. The van der Waals surface area contributed by atoms with Crippen molar-refractivity contribution in [3.8, 4) is 0 Å². The molecule has 0 aliphatic carbocycles. The third-order valence-corrected chi connectivity index (χ3v) is 4.17. The molecule has 3 rings (SSSR count). The molecule has 0 aliphatic heterocycles. The van der Waals surface area contributed by atoms with Crippen LogP contribution in [-0.4, -0.2) is 11.8 Å². The second kappa shape index (κ2) is 9.32. The van der Waals surface area contributed by atoms with Crippen molar-refractivity contribution in [2.24, 2.45) is 0 Å². The van der Waals surface area contributed by atoms with Gasteiger partial charge < -0.3 is 16.4 Å². The summed E-state index contributed by atoms with van der Waals surface area (Å²) >= 11 is 0. The Morgan fingerprint density at radius 3 is 2.41 bits per heavy atom. The Balaban J connectivity index is 1.54. The van der Waals surface area contributed by atoms with E-state index in [0.29, 0.717) is 12.1 Å². The van der Waals surface area contributed by atoms with Crippen molar-refractivity contribution >= 4 is 29.3 Å². The average molecular weight is 389 g/mol. The van der Waals surface area contributed by atoms with E-state index in [1.54, 1.807) is 30.3 Å². The van der Waals surface area contributed by atoms with Gasteiger partial charge >= 0.3 is 0 Å². The molecule has 0 atom stereocenters. The number of anilines is 2. The smallest absolute Gasteiger partial charge is 0.255 e. The first-order valence-corrected chi connectivity index (χ1v) is 8.97. The van der Waals surface area contributed by atoms with Crippen LogP contribution in [0.5, 0.6) is 0 Å². The summed E-state index contributed by atoms with van der Waals surface area (Å²) in [4.78, 5) is 24.2. The van der Waals surface area contributed by atoms with Gasteiger partial charge in [0, 0.05) is 18.2 Å². The minimum atomic E-state index is -0.484. The van der Waals surface area contributed by atoms with Gasteiger partial charge in [0.25, 0.3) is 5.91 Å². The van der Waals surface area contributed by atoms with Crippen LogP contribution in [0.25, 0.3) is 6.08 Å². The van der Waals surface area contributed by atoms with Gasteiger partial charge in [-0.05, 0) is 47.5 Å². The van der Waals surface area contributed by atoms with Gasteiger partial charge in [-0.25, -0.2) is 4.39 Å². The van der Waals surface area contributed by atoms with E-state index in [4.69, 9.17) is 5.73 Å². The Kier molecular flexibility index (Phi) is 6.37. The molecule has 6 heteroatoms. The fraction of sp³-hybridized carbons (Fsp3) is 0.0435. The quantitative estimate of drug-likeness (QED) is 0.440. The molecule has 0 aliphatic rings. The number of amides is 2. The van der Waals surface area contributed by atoms with Crippen LogP contribution >= 0.6 is 0 Å². The number of carbonyl (C=O) groups excluding carboxylic acids is 2. The number of nitrogens with one attached hydrogen (secondary N) is 2. The maximum absolute atomic E-state index is 13.3. The lowest BCUT2D eigenvalue weighted by Crippen LogP contribution is -2.20. The molecule has 2 amide bonds. The number of benzene rings is 3. The number of nitrogen functional groups attached to an aromatic ring is 1. The molecule has 0 aromatic heterocycles. The van der Waals surface area contributed by atoms with Gasteiger partial charge in [-0.1, -0.05) is 42.5 Å². The Labute approximate surface area is 168 Å². The van der Waals surface area contributed by atoms with Crippen molar-refractivity contribution in [2.75, 3.05) is 11.1 Å². The predicted molar refractivity (Wildman–Crippen MR) is 113 cm³/mol. The van der Waals surface area contributed by atoms with Crippen molar-refractivity contribution < 1.29 is 14.0 Å². The standard InChI is InChI=1S/C23H20FN3O2/c24-19-11-12-20(25)21(14-19)27-23(29)18-9-6-17(7-10-18)15-26-22(28)13-8-16-4-2-1-3-5-16/h1-14H,15,25H2,(H,26,28)(H,27,29). The monoisotopic (exact) mass is 389 g/mol. The van der Waals surface area contributed by atoms with Crippen molar-refractivity contribution in [3.63, 3.8) is 0 Å². The van der Waals surface area contributed by atoms with Crippen molar-refractivity contribution in [1.29, 1.82) is 0 Å². The fourth-order valence-electron chi connectivity index (χ4n) is 2.59. The summed E-state index contributed by atoms with van der Waals surface area (Å²) < 4.78 is 13.3. The second-order valence-electron chi connectivity index (χ2n) is 6.34. The Morgan fingerprint density at radius 1 is 0.966 bits per heavy atom. The third-order valence-electron chi connectivity index (χ3n) is 4.17. The van der Waals surface area contributed by atoms with Crippen molar-refractivity contribution in [2.45, 2.75) is 6.54 Å². The molecule has 0 spiro atoms. The number of nitrogens with two attached hydrogens (primary N) is 1. The molecule has 3 aromatic carbocycles. The lowest BCUT2D eigenvalue weighted by molar-refractivity contribution is -0.116. The van der Waals surface area contributed by atoms with Gasteiger partial charge in [0.1, 0.15) is 5.82 Å². The number of hydrogen-bond donors (Lipinski definition) is 3. The largest absolute Gasteiger partial charge is 0.397 e. The van der Waals surface area contributed by atoms with E-state index in [2.05, 4.69) is 10.6 Å². The third kappa shape index (κ3) is 5.77. The molecule has 146 valence electrons. The number of carbonyl (C=O) groups is 2. The summed E-state index contributed by atoms with van der Waals surface area (Å²) in [6.07, 6.45) is 3.21.